The Kier molecular flexibility index (Phi) is 4.83. The van der Waals surface area contributed by atoms with Gasteiger partial charge in [0.05, 0.1) is 0 Å². The lowest BCUT2D eigenvalue weighted by molar-refractivity contribution is -0.121. The fourth-order valence-electron chi connectivity index (χ4n) is 3.13. The van der Waals surface area contributed by atoms with Crippen LogP contribution in [-0.2, 0) is 4.79 Å². The quantitative estimate of drug-likeness (QED) is 0.823. The molecule has 2 aromatic rings. The summed E-state index contributed by atoms with van der Waals surface area (Å²) in [6.45, 7) is 4.21. The number of amides is 3. The molecule has 0 aliphatic carbocycles. The Morgan fingerprint density at radius 3 is 2.24 bits per heavy atom. The summed E-state index contributed by atoms with van der Waals surface area (Å²) >= 11 is 0. The van der Waals surface area contributed by atoms with Crippen LogP contribution in [0.2, 0.25) is 0 Å². The van der Waals surface area contributed by atoms with E-state index >= 15 is 0 Å². The summed E-state index contributed by atoms with van der Waals surface area (Å²) in [6.07, 6.45) is 1.63. The van der Waals surface area contributed by atoms with Gasteiger partial charge in [-0.25, -0.2) is 0 Å². The molecule has 0 unspecified atom stereocenters. The van der Waals surface area contributed by atoms with Crippen LogP contribution < -0.4 is 5.32 Å². The first-order valence-electron chi connectivity index (χ1n) is 8.70. The number of rotatable bonds is 6. The fraction of sp³-hybridized carbons (Fsp3) is 0.350. The van der Waals surface area contributed by atoms with Gasteiger partial charge in [-0.05, 0) is 37.3 Å². The van der Waals surface area contributed by atoms with E-state index in [-0.39, 0.29) is 30.3 Å². The molecule has 0 aromatic heterocycles. The summed E-state index contributed by atoms with van der Waals surface area (Å²) < 4.78 is 0. The van der Waals surface area contributed by atoms with Crippen molar-refractivity contribution in [3.05, 3.63) is 47.5 Å². The number of carbonyl (C=O) groups is 3. The average Bonchev–Trinajstić information content (AvgIpc) is 2.62. The molecule has 0 radical (unpaired) electrons. The summed E-state index contributed by atoms with van der Waals surface area (Å²) in [5, 5.41) is 4.51. The zero-order valence-corrected chi connectivity index (χ0v) is 14.5. The number of nitrogens with one attached hydrogen (secondary N) is 1. The van der Waals surface area contributed by atoms with E-state index in [1.807, 2.05) is 38.1 Å². The van der Waals surface area contributed by atoms with Crippen LogP contribution in [0.1, 0.15) is 53.8 Å². The predicted molar refractivity (Wildman–Crippen MR) is 96.4 cm³/mol. The van der Waals surface area contributed by atoms with Gasteiger partial charge < -0.3 is 5.32 Å². The maximum absolute atomic E-state index is 12.7. The second-order valence-corrected chi connectivity index (χ2v) is 6.45. The molecule has 5 heteroatoms. The van der Waals surface area contributed by atoms with Gasteiger partial charge in [-0.2, -0.15) is 0 Å². The average molecular weight is 338 g/mol. The smallest absolute Gasteiger partial charge is 0.261 e. The fourth-order valence-corrected chi connectivity index (χ4v) is 3.13. The highest BCUT2D eigenvalue weighted by Gasteiger charge is 2.32. The van der Waals surface area contributed by atoms with Crippen LogP contribution in [0.25, 0.3) is 10.8 Å². The normalized spacial score (nSPS) is 14.7. The summed E-state index contributed by atoms with van der Waals surface area (Å²) in [6, 6.07) is 11.1. The molecule has 0 saturated heterocycles. The van der Waals surface area contributed by atoms with Crippen LogP contribution in [0.4, 0.5) is 0 Å². The summed E-state index contributed by atoms with van der Waals surface area (Å²) in [5.74, 6) is -0.609. The topological polar surface area (TPSA) is 66.5 Å². The molecule has 1 atom stereocenters. The number of imide groups is 1. The molecule has 3 rings (SSSR count). The third kappa shape index (κ3) is 3.27. The second kappa shape index (κ2) is 7.05. The Morgan fingerprint density at radius 1 is 1.08 bits per heavy atom. The molecule has 0 bridgehead atoms. The number of benzene rings is 2. The van der Waals surface area contributed by atoms with Crippen molar-refractivity contribution in [2.75, 3.05) is 6.54 Å². The van der Waals surface area contributed by atoms with E-state index in [1.165, 1.54) is 4.90 Å². The number of carbonyl (C=O) groups excluding carboxylic acids is 3. The monoisotopic (exact) mass is 338 g/mol. The lowest BCUT2D eigenvalue weighted by Crippen LogP contribution is -2.41. The van der Waals surface area contributed by atoms with E-state index in [4.69, 9.17) is 0 Å². The minimum Gasteiger partial charge on any atom is -0.354 e. The molecule has 0 spiro atoms. The van der Waals surface area contributed by atoms with Crippen molar-refractivity contribution in [1.82, 2.24) is 10.2 Å². The van der Waals surface area contributed by atoms with E-state index in [9.17, 15) is 14.4 Å². The Balaban J connectivity index is 1.73. The molecule has 1 aliphatic heterocycles. The van der Waals surface area contributed by atoms with Crippen LogP contribution >= 0.6 is 0 Å². The molecule has 0 saturated carbocycles. The van der Waals surface area contributed by atoms with Crippen LogP contribution in [0.15, 0.2) is 36.4 Å². The molecule has 3 amide bonds. The molecule has 5 nitrogen and oxygen atoms in total. The zero-order valence-electron chi connectivity index (χ0n) is 14.5. The number of hydrogen-bond acceptors (Lipinski definition) is 3. The Labute approximate surface area is 147 Å². The zero-order chi connectivity index (χ0) is 18.0. The highest BCUT2D eigenvalue weighted by molar-refractivity contribution is 6.25. The highest BCUT2D eigenvalue weighted by Crippen LogP contribution is 2.29. The minimum atomic E-state index is -0.281. The molecule has 1 aliphatic rings. The predicted octanol–water partition coefficient (Wildman–Crippen LogP) is 3.13. The third-order valence-corrected chi connectivity index (χ3v) is 4.66. The summed E-state index contributed by atoms with van der Waals surface area (Å²) in [4.78, 5) is 38.6. The van der Waals surface area contributed by atoms with Crippen molar-refractivity contribution >= 4 is 28.5 Å². The number of nitrogens with zero attached hydrogens (tertiary/aromatic N) is 1. The molecule has 25 heavy (non-hydrogen) atoms. The van der Waals surface area contributed by atoms with E-state index in [1.54, 1.807) is 12.1 Å². The lowest BCUT2D eigenvalue weighted by Gasteiger charge is -2.27. The van der Waals surface area contributed by atoms with Crippen molar-refractivity contribution < 1.29 is 14.4 Å². The number of hydrogen-bond donors (Lipinski definition) is 1. The Morgan fingerprint density at radius 2 is 1.68 bits per heavy atom. The van der Waals surface area contributed by atoms with E-state index < -0.39 is 0 Å². The largest absolute Gasteiger partial charge is 0.354 e. The Hall–Kier alpha value is -2.69. The second-order valence-electron chi connectivity index (χ2n) is 6.45. The van der Waals surface area contributed by atoms with Gasteiger partial charge in [0.25, 0.3) is 11.8 Å². The van der Waals surface area contributed by atoms with Gasteiger partial charge in [0, 0.05) is 35.5 Å². The van der Waals surface area contributed by atoms with Crippen LogP contribution in [0.5, 0.6) is 0 Å². The standard InChI is InChI=1S/C20H22N2O3/c1-3-13(2)21-17(23)11-6-12-22-19(24)15-9-4-7-14-8-5-10-16(18(14)15)20(22)25/h4-5,7-10,13H,3,6,11-12H2,1-2H3,(H,21,23)/t13-/m1/s1. The highest BCUT2D eigenvalue weighted by atomic mass is 16.2. The van der Waals surface area contributed by atoms with Crippen molar-refractivity contribution in [2.24, 2.45) is 0 Å². The van der Waals surface area contributed by atoms with Gasteiger partial charge in [0.2, 0.25) is 5.91 Å². The third-order valence-electron chi connectivity index (χ3n) is 4.66. The summed E-state index contributed by atoms with van der Waals surface area (Å²) in [5.41, 5.74) is 1.11. The van der Waals surface area contributed by atoms with Gasteiger partial charge >= 0.3 is 0 Å². The Bertz CT molecular complexity index is 793. The molecular weight excluding hydrogens is 316 g/mol. The van der Waals surface area contributed by atoms with E-state index in [2.05, 4.69) is 5.32 Å². The molecule has 1 heterocycles. The van der Waals surface area contributed by atoms with Gasteiger partial charge in [0.1, 0.15) is 0 Å². The van der Waals surface area contributed by atoms with Crippen LogP contribution in [-0.4, -0.2) is 35.2 Å². The van der Waals surface area contributed by atoms with Crippen molar-refractivity contribution in [1.29, 1.82) is 0 Å². The lowest BCUT2D eigenvalue weighted by atomic mass is 9.94. The van der Waals surface area contributed by atoms with Crippen molar-refractivity contribution in [2.45, 2.75) is 39.2 Å². The molecule has 1 N–H and O–H groups in total. The van der Waals surface area contributed by atoms with Gasteiger partial charge in [-0.1, -0.05) is 31.2 Å². The first-order valence-corrected chi connectivity index (χ1v) is 8.70. The summed E-state index contributed by atoms with van der Waals surface area (Å²) in [7, 11) is 0. The van der Waals surface area contributed by atoms with Crippen LogP contribution in [0, 0.1) is 0 Å². The van der Waals surface area contributed by atoms with Crippen LogP contribution in [0.3, 0.4) is 0 Å². The SMILES string of the molecule is CC[C@@H](C)NC(=O)CCCN1C(=O)c2cccc3cccc(c23)C1=O. The maximum atomic E-state index is 12.7. The van der Waals surface area contributed by atoms with Gasteiger partial charge in [-0.15, -0.1) is 0 Å². The first kappa shape index (κ1) is 17.1. The first-order chi connectivity index (χ1) is 12.0. The van der Waals surface area contributed by atoms with Gasteiger partial charge in [-0.3, -0.25) is 19.3 Å². The van der Waals surface area contributed by atoms with E-state index in [0.717, 1.165) is 17.2 Å². The molecular formula is C20H22N2O3. The molecule has 130 valence electrons. The van der Waals surface area contributed by atoms with Gasteiger partial charge in [0.15, 0.2) is 0 Å². The van der Waals surface area contributed by atoms with Crippen molar-refractivity contribution in [3.63, 3.8) is 0 Å². The molecule has 2 aromatic carbocycles. The minimum absolute atomic E-state index is 0.0474. The van der Waals surface area contributed by atoms with E-state index in [0.29, 0.717) is 24.0 Å². The molecule has 0 fully saturated rings. The van der Waals surface area contributed by atoms with Crippen molar-refractivity contribution in [3.8, 4) is 0 Å². The maximum Gasteiger partial charge on any atom is 0.261 e.